The Bertz CT molecular complexity index is 1390. The second-order valence-electron chi connectivity index (χ2n) is 15.5. The molecule has 6 N–H and O–H groups in total. The molecule has 0 radical (unpaired) electrons. The van der Waals surface area contributed by atoms with Crippen molar-refractivity contribution in [1.29, 1.82) is 0 Å². The minimum absolute atomic E-state index is 0.117. The standard InChI is InChI=1S/C49H81O12P/c1-3-5-7-9-11-13-15-16-17-18-19-20-21-22-23-24-25-26-27-29-31-33-35-37-39-58-40-42(60-43(50)38-36-34-32-30-28-14-12-10-8-6-4-2)41-59-62(56,57)61-49-47(54)45(52)44(51)46(53)48(49)55/h5,7,10-13,16-17,19-20,22-23,25-26,29,31,42,44-49,51-55H,3-4,6,8-9,14-15,18,21,24,27-28,30,32-41H2,1-2H3,(H,56,57)/b7-5-,12-10-,13-11-,17-16-,20-19-,23-22-,26-25-,31-29-. The first kappa shape index (κ1) is 57.3. The van der Waals surface area contributed by atoms with E-state index in [1.807, 2.05) is 0 Å². The molecule has 0 heterocycles. The van der Waals surface area contributed by atoms with Gasteiger partial charge in [0.25, 0.3) is 0 Å². The van der Waals surface area contributed by atoms with E-state index in [1.54, 1.807) is 0 Å². The molecule has 0 bridgehead atoms. The van der Waals surface area contributed by atoms with Gasteiger partial charge in [0.2, 0.25) is 0 Å². The molecule has 0 aliphatic heterocycles. The van der Waals surface area contributed by atoms with Crippen LogP contribution in [0.1, 0.15) is 142 Å². The van der Waals surface area contributed by atoms with E-state index in [0.717, 1.165) is 103 Å². The van der Waals surface area contributed by atoms with Gasteiger partial charge in [-0.05, 0) is 89.9 Å². The van der Waals surface area contributed by atoms with Gasteiger partial charge in [0, 0.05) is 13.0 Å². The number of aliphatic hydroxyl groups is 5. The first-order chi connectivity index (χ1) is 30.0. The molecule has 0 spiro atoms. The predicted molar refractivity (Wildman–Crippen MR) is 248 cm³/mol. The number of esters is 1. The third kappa shape index (κ3) is 30.4. The van der Waals surface area contributed by atoms with E-state index in [-0.39, 0.29) is 13.0 Å². The molecule has 0 amide bonds. The monoisotopic (exact) mass is 893 g/mol. The second kappa shape index (κ2) is 38.7. The number of carbonyl (C=O) groups is 1. The summed E-state index contributed by atoms with van der Waals surface area (Å²) in [7, 11) is -5.04. The summed E-state index contributed by atoms with van der Waals surface area (Å²) in [6.07, 6.45) is 40.6. The normalized spacial score (nSPS) is 22.9. The van der Waals surface area contributed by atoms with Crippen LogP contribution < -0.4 is 0 Å². The van der Waals surface area contributed by atoms with Crippen molar-refractivity contribution in [3.05, 3.63) is 97.2 Å². The zero-order valence-corrected chi connectivity index (χ0v) is 38.5. The Morgan fingerprint density at radius 3 is 1.47 bits per heavy atom. The maximum atomic E-state index is 12.8. The topological polar surface area (TPSA) is 192 Å². The van der Waals surface area contributed by atoms with Crippen LogP contribution in [0.3, 0.4) is 0 Å². The molecule has 1 aliphatic carbocycles. The van der Waals surface area contributed by atoms with Gasteiger partial charge >= 0.3 is 13.8 Å². The third-order valence-corrected chi connectivity index (χ3v) is 10.9. The highest BCUT2D eigenvalue weighted by atomic mass is 31.2. The van der Waals surface area contributed by atoms with E-state index >= 15 is 0 Å². The van der Waals surface area contributed by atoms with Crippen molar-refractivity contribution < 1.29 is 58.3 Å². The minimum atomic E-state index is -5.04. The summed E-state index contributed by atoms with van der Waals surface area (Å²) < 4.78 is 34.1. The van der Waals surface area contributed by atoms with Crippen molar-refractivity contribution in [2.45, 2.75) is 185 Å². The zero-order valence-electron chi connectivity index (χ0n) is 37.6. The fourth-order valence-corrected chi connectivity index (χ4v) is 7.23. The van der Waals surface area contributed by atoms with E-state index in [1.165, 1.54) is 12.8 Å². The van der Waals surface area contributed by atoms with E-state index in [4.69, 9.17) is 18.5 Å². The van der Waals surface area contributed by atoms with Crippen molar-refractivity contribution in [1.82, 2.24) is 0 Å². The number of carbonyl (C=O) groups excluding carboxylic acids is 1. The molecule has 12 nitrogen and oxygen atoms in total. The lowest BCUT2D eigenvalue weighted by Crippen LogP contribution is -2.64. The van der Waals surface area contributed by atoms with Gasteiger partial charge in [0.1, 0.15) is 42.7 Å². The maximum absolute atomic E-state index is 12.8. The number of hydrogen-bond acceptors (Lipinski definition) is 11. The molecule has 1 fully saturated rings. The highest BCUT2D eigenvalue weighted by Crippen LogP contribution is 2.47. The van der Waals surface area contributed by atoms with Gasteiger partial charge < -0.3 is 39.9 Å². The summed E-state index contributed by atoms with van der Waals surface area (Å²) >= 11 is 0. The van der Waals surface area contributed by atoms with Crippen molar-refractivity contribution >= 4 is 13.8 Å². The summed E-state index contributed by atoms with van der Waals surface area (Å²) in [4.78, 5) is 23.1. The number of ether oxygens (including phenoxy) is 2. The largest absolute Gasteiger partial charge is 0.472 e. The Hall–Kier alpha value is -2.74. The Morgan fingerprint density at radius 1 is 0.532 bits per heavy atom. The van der Waals surface area contributed by atoms with E-state index in [0.29, 0.717) is 13.0 Å². The molecule has 62 heavy (non-hydrogen) atoms. The quantitative estimate of drug-likeness (QED) is 0.0150. The summed E-state index contributed by atoms with van der Waals surface area (Å²) in [6.45, 7) is 3.96. The molecule has 0 aromatic rings. The maximum Gasteiger partial charge on any atom is 0.472 e. The molecular weight excluding hydrogens is 812 g/mol. The van der Waals surface area contributed by atoms with E-state index in [2.05, 4.69) is 111 Å². The molecule has 0 aromatic heterocycles. The van der Waals surface area contributed by atoms with Crippen LogP contribution in [0, 0.1) is 0 Å². The lowest BCUT2D eigenvalue weighted by atomic mass is 9.85. The van der Waals surface area contributed by atoms with Crippen molar-refractivity contribution in [2.24, 2.45) is 0 Å². The Morgan fingerprint density at radius 2 is 0.952 bits per heavy atom. The fraction of sp³-hybridized carbons (Fsp3) is 0.653. The fourth-order valence-electron chi connectivity index (χ4n) is 6.26. The van der Waals surface area contributed by atoms with Gasteiger partial charge in [0.15, 0.2) is 0 Å². The molecule has 6 atom stereocenters. The lowest BCUT2D eigenvalue weighted by Gasteiger charge is -2.41. The molecule has 0 aromatic carbocycles. The number of phosphoric acid groups is 1. The van der Waals surface area contributed by atoms with Crippen LogP contribution in [0.25, 0.3) is 0 Å². The van der Waals surface area contributed by atoms with E-state index in [9.17, 15) is 39.8 Å². The molecule has 13 heteroatoms. The number of aliphatic hydroxyl groups excluding tert-OH is 5. The van der Waals surface area contributed by atoms with Crippen LogP contribution in [0.5, 0.6) is 0 Å². The lowest BCUT2D eigenvalue weighted by molar-refractivity contribution is -0.220. The van der Waals surface area contributed by atoms with E-state index < -0.39 is 63.1 Å². The predicted octanol–water partition coefficient (Wildman–Crippen LogP) is 9.53. The Labute approximate surface area is 373 Å². The van der Waals surface area contributed by atoms with Gasteiger partial charge in [-0.1, -0.05) is 143 Å². The molecule has 1 rings (SSSR count). The smallest absolute Gasteiger partial charge is 0.457 e. The van der Waals surface area contributed by atoms with Gasteiger partial charge in [-0.15, -0.1) is 0 Å². The summed E-state index contributed by atoms with van der Waals surface area (Å²) in [5.74, 6) is -0.509. The molecule has 6 unspecified atom stereocenters. The highest BCUT2D eigenvalue weighted by Gasteiger charge is 2.51. The number of unbranched alkanes of at least 4 members (excludes halogenated alkanes) is 9. The summed E-state index contributed by atoms with van der Waals surface area (Å²) in [6, 6.07) is 0. The minimum Gasteiger partial charge on any atom is -0.457 e. The second-order valence-corrected chi connectivity index (χ2v) is 16.9. The third-order valence-electron chi connectivity index (χ3n) is 9.94. The van der Waals surface area contributed by atoms with Crippen LogP contribution >= 0.6 is 7.82 Å². The van der Waals surface area contributed by atoms with Crippen LogP contribution in [0.2, 0.25) is 0 Å². The van der Waals surface area contributed by atoms with Crippen molar-refractivity contribution in [3.63, 3.8) is 0 Å². The SMILES string of the molecule is CC/C=C\C/C=C\C/C=C\C/C=C\C/C=C\C/C=C\C/C=C\CCCCOCC(COP(=O)(O)OC1C(O)C(O)C(O)C(O)C1O)OC(=O)CCCCCCC/C=C\CCCC. The van der Waals surface area contributed by atoms with Gasteiger partial charge in [-0.2, -0.15) is 0 Å². The van der Waals surface area contributed by atoms with Gasteiger partial charge in [-0.3, -0.25) is 13.8 Å². The van der Waals surface area contributed by atoms with Gasteiger partial charge in [-0.25, -0.2) is 4.57 Å². The Kier molecular flexibility index (Phi) is 35.7. The van der Waals surface area contributed by atoms with Crippen molar-refractivity contribution in [2.75, 3.05) is 19.8 Å². The molecule has 354 valence electrons. The van der Waals surface area contributed by atoms with Crippen LogP contribution in [-0.4, -0.2) is 98.9 Å². The zero-order chi connectivity index (χ0) is 45.5. The van der Waals surface area contributed by atoms with Crippen LogP contribution in [0.4, 0.5) is 0 Å². The van der Waals surface area contributed by atoms with Crippen LogP contribution in [-0.2, 0) is 27.9 Å². The number of phosphoric ester groups is 1. The number of rotatable bonds is 37. The average molecular weight is 893 g/mol. The van der Waals surface area contributed by atoms with Gasteiger partial charge in [0.05, 0.1) is 13.2 Å². The molecule has 0 saturated heterocycles. The van der Waals surface area contributed by atoms with Crippen molar-refractivity contribution in [3.8, 4) is 0 Å². The molecule has 1 saturated carbocycles. The summed E-state index contributed by atoms with van der Waals surface area (Å²) in [5, 5.41) is 50.1. The average Bonchev–Trinajstić information content (AvgIpc) is 3.26. The first-order valence-corrected chi connectivity index (χ1v) is 24.6. The number of allylic oxidation sites excluding steroid dienone is 16. The Balaban J connectivity index is 2.41. The number of hydrogen-bond donors (Lipinski definition) is 6. The summed E-state index contributed by atoms with van der Waals surface area (Å²) in [5.41, 5.74) is 0. The molecule has 1 aliphatic rings. The highest BCUT2D eigenvalue weighted by molar-refractivity contribution is 7.47. The van der Waals surface area contributed by atoms with Crippen LogP contribution in [0.15, 0.2) is 97.2 Å². The molecular formula is C49H81O12P. The first-order valence-electron chi connectivity index (χ1n) is 23.1.